The Morgan fingerprint density at radius 3 is 2.60 bits per heavy atom. The molecule has 2 nitrogen and oxygen atoms in total. The SMILES string of the molecule is CCCn1ccc(-c2ccc(F)cc2)n1. The summed E-state index contributed by atoms with van der Waals surface area (Å²) in [6.45, 7) is 3.03. The molecule has 0 N–H and O–H groups in total. The van der Waals surface area contributed by atoms with Gasteiger partial charge in [-0.3, -0.25) is 4.68 Å². The highest BCUT2D eigenvalue weighted by atomic mass is 19.1. The first-order chi connectivity index (χ1) is 7.29. The van der Waals surface area contributed by atoms with E-state index in [1.165, 1.54) is 12.1 Å². The van der Waals surface area contributed by atoms with Crippen molar-refractivity contribution in [2.75, 3.05) is 0 Å². The first kappa shape index (κ1) is 9.90. The normalized spacial score (nSPS) is 10.5. The van der Waals surface area contributed by atoms with Gasteiger partial charge in [-0.1, -0.05) is 6.92 Å². The Kier molecular flexibility index (Phi) is 2.81. The van der Waals surface area contributed by atoms with Crippen molar-refractivity contribution in [3.05, 3.63) is 42.3 Å². The molecule has 0 amide bonds. The lowest BCUT2D eigenvalue weighted by Gasteiger charge is -1.97. The largest absolute Gasteiger partial charge is 0.272 e. The van der Waals surface area contributed by atoms with Crippen LogP contribution in [0.15, 0.2) is 36.5 Å². The lowest BCUT2D eigenvalue weighted by atomic mass is 10.1. The van der Waals surface area contributed by atoms with E-state index >= 15 is 0 Å². The standard InChI is InChI=1S/C12H13FN2/c1-2-8-15-9-7-12(14-15)10-3-5-11(13)6-4-10/h3-7,9H,2,8H2,1H3. The predicted octanol–water partition coefficient (Wildman–Crippen LogP) is 3.10. The fourth-order valence-corrected chi connectivity index (χ4v) is 1.49. The van der Waals surface area contributed by atoms with E-state index in [1.54, 1.807) is 12.1 Å². The second kappa shape index (κ2) is 4.26. The average molecular weight is 204 g/mol. The molecule has 0 aliphatic heterocycles. The van der Waals surface area contributed by atoms with E-state index < -0.39 is 0 Å². The third kappa shape index (κ3) is 2.24. The van der Waals surface area contributed by atoms with Gasteiger partial charge in [-0.25, -0.2) is 4.39 Å². The summed E-state index contributed by atoms with van der Waals surface area (Å²) in [4.78, 5) is 0. The van der Waals surface area contributed by atoms with Crippen molar-refractivity contribution < 1.29 is 4.39 Å². The second-order valence-electron chi connectivity index (χ2n) is 3.47. The number of hydrogen-bond donors (Lipinski definition) is 0. The molecule has 1 heterocycles. The Morgan fingerprint density at radius 1 is 1.20 bits per heavy atom. The summed E-state index contributed by atoms with van der Waals surface area (Å²) in [7, 11) is 0. The highest BCUT2D eigenvalue weighted by Crippen LogP contribution is 2.16. The number of rotatable bonds is 3. The van der Waals surface area contributed by atoms with E-state index in [-0.39, 0.29) is 5.82 Å². The molecule has 0 saturated heterocycles. The summed E-state index contributed by atoms with van der Waals surface area (Å²) in [6.07, 6.45) is 3.01. The van der Waals surface area contributed by atoms with Gasteiger partial charge in [-0.05, 0) is 36.8 Å². The molecule has 0 unspecified atom stereocenters. The molecule has 0 aliphatic rings. The van der Waals surface area contributed by atoms with E-state index in [4.69, 9.17) is 0 Å². The summed E-state index contributed by atoms with van der Waals surface area (Å²) in [5, 5.41) is 4.39. The number of aryl methyl sites for hydroxylation is 1. The van der Waals surface area contributed by atoms with Crippen LogP contribution in [-0.4, -0.2) is 9.78 Å². The minimum atomic E-state index is -0.216. The predicted molar refractivity (Wildman–Crippen MR) is 57.9 cm³/mol. The second-order valence-corrected chi connectivity index (χ2v) is 3.47. The Morgan fingerprint density at radius 2 is 1.93 bits per heavy atom. The molecule has 15 heavy (non-hydrogen) atoms. The van der Waals surface area contributed by atoms with Crippen molar-refractivity contribution in [3.8, 4) is 11.3 Å². The van der Waals surface area contributed by atoms with Crippen LogP contribution in [0, 0.1) is 5.82 Å². The molecule has 0 bridgehead atoms. The Labute approximate surface area is 88.4 Å². The molecule has 3 heteroatoms. The van der Waals surface area contributed by atoms with Gasteiger partial charge >= 0.3 is 0 Å². The molecular weight excluding hydrogens is 191 g/mol. The zero-order valence-electron chi connectivity index (χ0n) is 8.65. The molecular formula is C12H13FN2. The van der Waals surface area contributed by atoms with Crippen LogP contribution in [0.3, 0.4) is 0 Å². The maximum Gasteiger partial charge on any atom is 0.123 e. The van der Waals surface area contributed by atoms with Crippen LogP contribution in [0.2, 0.25) is 0 Å². The van der Waals surface area contributed by atoms with Gasteiger partial charge in [0.1, 0.15) is 5.82 Å². The van der Waals surface area contributed by atoms with Gasteiger partial charge in [-0.2, -0.15) is 5.10 Å². The summed E-state index contributed by atoms with van der Waals surface area (Å²) in [5.74, 6) is -0.216. The van der Waals surface area contributed by atoms with Gasteiger partial charge in [-0.15, -0.1) is 0 Å². The summed E-state index contributed by atoms with van der Waals surface area (Å²) in [6, 6.07) is 8.34. The zero-order valence-corrected chi connectivity index (χ0v) is 8.65. The third-order valence-corrected chi connectivity index (χ3v) is 2.23. The number of halogens is 1. The van der Waals surface area contributed by atoms with Crippen LogP contribution >= 0.6 is 0 Å². The molecule has 0 spiro atoms. The molecule has 78 valence electrons. The molecule has 0 saturated carbocycles. The average Bonchev–Trinajstić information content (AvgIpc) is 2.68. The first-order valence-electron chi connectivity index (χ1n) is 5.09. The fraction of sp³-hybridized carbons (Fsp3) is 0.250. The van der Waals surface area contributed by atoms with Crippen molar-refractivity contribution in [2.24, 2.45) is 0 Å². The van der Waals surface area contributed by atoms with Crippen molar-refractivity contribution >= 4 is 0 Å². The fourth-order valence-electron chi connectivity index (χ4n) is 1.49. The molecule has 1 aromatic carbocycles. The maximum atomic E-state index is 12.7. The maximum absolute atomic E-state index is 12.7. The van der Waals surface area contributed by atoms with E-state index in [0.29, 0.717) is 0 Å². The van der Waals surface area contributed by atoms with Gasteiger partial charge in [0.15, 0.2) is 0 Å². The highest BCUT2D eigenvalue weighted by molar-refractivity contribution is 5.58. The Bertz CT molecular complexity index is 431. The van der Waals surface area contributed by atoms with Gasteiger partial charge < -0.3 is 0 Å². The van der Waals surface area contributed by atoms with E-state index in [0.717, 1.165) is 24.2 Å². The van der Waals surface area contributed by atoms with Crippen molar-refractivity contribution in [3.63, 3.8) is 0 Å². The molecule has 0 fully saturated rings. The topological polar surface area (TPSA) is 17.8 Å². The number of benzene rings is 1. The van der Waals surface area contributed by atoms with Crippen LogP contribution in [-0.2, 0) is 6.54 Å². The van der Waals surface area contributed by atoms with Crippen molar-refractivity contribution in [1.82, 2.24) is 9.78 Å². The van der Waals surface area contributed by atoms with Gasteiger partial charge in [0.2, 0.25) is 0 Å². The van der Waals surface area contributed by atoms with E-state index in [9.17, 15) is 4.39 Å². The van der Waals surface area contributed by atoms with Gasteiger partial charge in [0.05, 0.1) is 5.69 Å². The molecule has 1 aromatic heterocycles. The lowest BCUT2D eigenvalue weighted by molar-refractivity contribution is 0.604. The highest BCUT2D eigenvalue weighted by Gasteiger charge is 2.01. The van der Waals surface area contributed by atoms with Crippen molar-refractivity contribution in [1.29, 1.82) is 0 Å². The smallest absolute Gasteiger partial charge is 0.123 e. The lowest BCUT2D eigenvalue weighted by Crippen LogP contribution is -1.96. The van der Waals surface area contributed by atoms with Gasteiger partial charge in [0.25, 0.3) is 0 Å². The summed E-state index contributed by atoms with van der Waals surface area (Å²) < 4.78 is 14.6. The van der Waals surface area contributed by atoms with Crippen LogP contribution in [0.1, 0.15) is 13.3 Å². The third-order valence-electron chi connectivity index (χ3n) is 2.23. The minimum Gasteiger partial charge on any atom is -0.272 e. The summed E-state index contributed by atoms with van der Waals surface area (Å²) >= 11 is 0. The quantitative estimate of drug-likeness (QED) is 0.751. The van der Waals surface area contributed by atoms with E-state index in [2.05, 4.69) is 12.0 Å². The summed E-state index contributed by atoms with van der Waals surface area (Å²) in [5.41, 5.74) is 1.84. The first-order valence-corrected chi connectivity index (χ1v) is 5.09. The minimum absolute atomic E-state index is 0.216. The monoisotopic (exact) mass is 204 g/mol. The zero-order chi connectivity index (χ0) is 10.7. The molecule has 2 aromatic rings. The number of nitrogens with zero attached hydrogens (tertiary/aromatic N) is 2. The van der Waals surface area contributed by atoms with Crippen molar-refractivity contribution in [2.45, 2.75) is 19.9 Å². The number of hydrogen-bond acceptors (Lipinski definition) is 1. The van der Waals surface area contributed by atoms with Gasteiger partial charge in [0, 0.05) is 18.3 Å². The number of aromatic nitrogens is 2. The molecule has 0 atom stereocenters. The van der Waals surface area contributed by atoms with Crippen LogP contribution in [0.5, 0.6) is 0 Å². The Balaban J connectivity index is 2.25. The van der Waals surface area contributed by atoms with E-state index in [1.807, 2.05) is 16.9 Å². The Hall–Kier alpha value is -1.64. The van der Waals surface area contributed by atoms with Crippen LogP contribution in [0.4, 0.5) is 4.39 Å². The molecule has 2 rings (SSSR count). The van der Waals surface area contributed by atoms with Crippen LogP contribution < -0.4 is 0 Å². The molecule has 0 aliphatic carbocycles. The molecule has 0 radical (unpaired) electrons. The van der Waals surface area contributed by atoms with Crippen LogP contribution in [0.25, 0.3) is 11.3 Å².